The average Bonchev–Trinajstić information content (AvgIpc) is 2.89. The number of halogens is 3. The first-order valence-corrected chi connectivity index (χ1v) is 8.58. The number of aromatic hydroxyl groups is 1. The largest absolute Gasteiger partial charge is 0.504 e. The van der Waals surface area contributed by atoms with Crippen LogP contribution in [0, 0.1) is 0 Å². The highest BCUT2D eigenvalue weighted by atomic mass is 35.5. The second-order valence-corrected chi connectivity index (χ2v) is 6.47. The zero-order chi connectivity index (χ0) is 20.8. The number of carbonyl (C=O) groups is 3. The number of hydrogen-bond acceptors (Lipinski definition) is 5. The second-order valence-electron chi connectivity index (χ2n) is 5.19. The highest BCUT2D eigenvalue weighted by Crippen LogP contribution is 2.36. The minimum Gasteiger partial charge on any atom is -0.504 e. The van der Waals surface area contributed by atoms with Crippen LogP contribution in [0.1, 0.15) is 0 Å². The molecule has 3 rings (SSSR count). The molecule has 0 radical (unpaired) electrons. The zero-order valence-corrected chi connectivity index (χ0v) is 16.1. The van der Waals surface area contributed by atoms with Gasteiger partial charge in [0, 0.05) is 16.1 Å². The Morgan fingerprint density at radius 2 is 1.68 bits per heavy atom. The van der Waals surface area contributed by atoms with Gasteiger partial charge in [-0.3, -0.25) is 10.1 Å². The number of benzene rings is 2. The number of rotatable bonds is 3. The molecule has 2 aromatic carbocycles. The van der Waals surface area contributed by atoms with Gasteiger partial charge in [-0.15, -0.1) is 0 Å². The van der Waals surface area contributed by atoms with Gasteiger partial charge in [-0.05, 0) is 30.3 Å². The molecule has 1 aliphatic heterocycles. The van der Waals surface area contributed by atoms with Gasteiger partial charge >= 0.3 is 12.1 Å². The molecule has 0 spiro atoms. The predicted molar refractivity (Wildman–Crippen MR) is 103 cm³/mol. The number of nitrogens with two attached hydrogens (primary N) is 1. The molecule has 5 amide bonds. The van der Waals surface area contributed by atoms with Crippen molar-refractivity contribution in [3.05, 3.63) is 51.5 Å². The number of primary amides is 1. The second kappa shape index (κ2) is 9.36. The fraction of sp³-hybridized carbons (Fsp3) is 0.0625. The minimum absolute atomic E-state index is 0.0523. The first-order valence-electron chi connectivity index (χ1n) is 7.44. The van der Waals surface area contributed by atoms with E-state index in [1.165, 1.54) is 6.07 Å². The van der Waals surface area contributed by atoms with Crippen LogP contribution in [-0.2, 0) is 4.79 Å². The Hall–Kier alpha value is -2.88. The van der Waals surface area contributed by atoms with Gasteiger partial charge in [0.2, 0.25) is 0 Å². The van der Waals surface area contributed by atoms with Crippen molar-refractivity contribution in [1.29, 1.82) is 0 Å². The van der Waals surface area contributed by atoms with Crippen molar-refractivity contribution in [2.45, 2.75) is 6.17 Å². The molecule has 1 heterocycles. The third-order valence-electron chi connectivity index (χ3n) is 3.10. The summed E-state index contributed by atoms with van der Waals surface area (Å²) in [6.45, 7) is 0. The van der Waals surface area contributed by atoms with Gasteiger partial charge in [0.15, 0.2) is 17.7 Å². The molecule has 9 nitrogen and oxygen atoms in total. The topological polar surface area (TPSA) is 143 Å². The standard InChI is InChI=1S/C12H7Cl3O2.C4H6N4O3/c13-7-1-3-11(9(15)5-7)17-12-4-2-8(14)6-10(12)16;5-3(10)6-1-2(9)8-4(11)7-1/h1-6,16H;1H,(H3,5,6,10)(H2,7,8,9,11). The van der Waals surface area contributed by atoms with Gasteiger partial charge in [-0.25, -0.2) is 9.59 Å². The third-order valence-corrected chi connectivity index (χ3v) is 3.86. The van der Waals surface area contributed by atoms with Gasteiger partial charge < -0.3 is 26.2 Å². The van der Waals surface area contributed by atoms with Crippen LogP contribution in [0.2, 0.25) is 15.1 Å². The van der Waals surface area contributed by atoms with Gasteiger partial charge in [-0.1, -0.05) is 34.8 Å². The predicted octanol–water partition coefficient (Wildman–Crippen LogP) is 2.96. The van der Waals surface area contributed by atoms with Crippen molar-refractivity contribution in [3.63, 3.8) is 0 Å². The van der Waals surface area contributed by atoms with Crippen molar-refractivity contribution in [2.24, 2.45) is 5.73 Å². The number of carbonyl (C=O) groups excluding carboxylic acids is 3. The van der Waals surface area contributed by atoms with E-state index >= 15 is 0 Å². The molecular formula is C16H13Cl3N4O5. The summed E-state index contributed by atoms with van der Waals surface area (Å²) in [5.41, 5.74) is 4.70. The highest BCUT2D eigenvalue weighted by molar-refractivity contribution is 6.35. The Labute approximate surface area is 173 Å². The van der Waals surface area contributed by atoms with E-state index in [1.807, 2.05) is 10.6 Å². The molecule has 28 heavy (non-hydrogen) atoms. The Bertz CT molecular complexity index is 876. The molecule has 1 aliphatic rings. The highest BCUT2D eigenvalue weighted by Gasteiger charge is 2.29. The number of nitrogens with one attached hydrogen (secondary N) is 3. The van der Waals surface area contributed by atoms with Crippen LogP contribution in [0.15, 0.2) is 36.4 Å². The number of phenols is 1. The van der Waals surface area contributed by atoms with E-state index in [0.717, 1.165) is 0 Å². The number of urea groups is 2. The summed E-state index contributed by atoms with van der Waals surface area (Å²) in [5.74, 6) is 0.0182. The van der Waals surface area contributed by atoms with Crippen molar-refractivity contribution < 1.29 is 24.2 Å². The summed E-state index contributed by atoms with van der Waals surface area (Å²) < 4.78 is 5.45. The molecule has 148 valence electrons. The molecule has 6 N–H and O–H groups in total. The smallest absolute Gasteiger partial charge is 0.323 e. The van der Waals surface area contributed by atoms with E-state index in [-0.39, 0.29) is 11.5 Å². The van der Waals surface area contributed by atoms with Crippen molar-refractivity contribution in [2.75, 3.05) is 0 Å². The van der Waals surface area contributed by atoms with Gasteiger partial charge in [0.25, 0.3) is 5.91 Å². The summed E-state index contributed by atoms with van der Waals surface area (Å²) in [7, 11) is 0. The fourth-order valence-corrected chi connectivity index (χ4v) is 2.53. The first-order chi connectivity index (χ1) is 13.2. The Morgan fingerprint density at radius 1 is 1.07 bits per heavy atom. The summed E-state index contributed by atoms with van der Waals surface area (Å²) in [6.07, 6.45) is -1.04. The molecule has 12 heteroatoms. The van der Waals surface area contributed by atoms with Gasteiger partial charge in [0.05, 0.1) is 5.02 Å². The Balaban J connectivity index is 0.000000221. The quantitative estimate of drug-likeness (QED) is 0.460. The molecular weight excluding hydrogens is 435 g/mol. The lowest BCUT2D eigenvalue weighted by Crippen LogP contribution is -2.48. The van der Waals surface area contributed by atoms with Crippen LogP contribution in [0.5, 0.6) is 17.2 Å². The van der Waals surface area contributed by atoms with E-state index in [1.54, 1.807) is 30.3 Å². The van der Waals surface area contributed by atoms with Crippen molar-refractivity contribution >= 4 is 52.8 Å². The lowest BCUT2D eigenvalue weighted by atomic mass is 10.3. The third kappa shape index (κ3) is 6.08. The van der Waals surface area contributed by atoms with Gasteiger partial charge in [-0.2, -0.15) is 0 Å². The lowest BCUT2D eigenvalue weighted by molar-refractivity contribution is -0.120. The molecule has 1 fully saturated rings. The van der Waals surface area contributed by atoms with Crippen LogP contribution in [0.25, 0.3) is 0 Å². The van der Waals surface area contributed by atoms with Crippen LogP contribution < -0.4 is 26.4 Å². The number of hydrogen-bond donors (Lipinski definition) is 5. The van der Waals surface area contributed by atoms with E-state index in [2.05, 4.69) is 5.32 Å². The van der Waals surface area contributed by atoms with E-state index in [9.17, 15) is 19.5 Å². The molecule has 0 saturated carbocycles. The van der Waals surface area contributed by atoms with Gasteiger partial charge in [0.1, 0.15) is 5.75 Å². The summed E-state index contributed by atoms with van der Waals surface area (Å²) in [6, 6.07) is 7.88. The molecule has 1 atom stereocenters. The Morgan fingerprint density at radius 3 is 2.18 bits per heavy atom. The number of imide groups is 1. The van der Waals surface area contributed by atoms with Crippen molar-refractivity contribution in [1.82, 2.24) is 16.0 Å². The SMILES string of the molecule is NC(=O)NC1NC(=O)NC1=O.Oc1cc(Cl)ccc1Oc1ccc(Cl)cc1Cl. The Kier molecular flexibility index (Phi) is 7.16. The molecule has 0 bridgehead atoms. The average molecular weight is 448 g/mol. The van der Waals surface area contributed by atoms with E-state index in [4.69, 9.17) is 45.3 Å². The van der Waals surface area contributed by atoms with Crippen LogP contribution in [0.4, 0.5) is 9.59 Å². The molecule has 1 unspecified atom stereocenters. The van der Waals surface area contributed by atoms with Crippen molar-refractivity contribution in [3.8, 4) is 17.2 Å². The maximum atomic E-state index is 10.7. The monoisotopic (exact) mass is 446 g/mol. The van der Waals surface area contributed by atoms with E-state index in [0.29, 0.717) is 20.8 Å². The van der Waals surface area contributed by atoms with Crippen LogP contribution in [-0.4, -0.2) is 29.2 Å². The number of ether oxygens (including phenoxy) is 1. The normalized spacial score (nSPS) is 15.0. The van der Waals surface area contributed by atoms with Crippen LogP contribution in [0.3, 0.4) is 0 Å². The van der Waals surface area contributed by atoms with Crippen LogP contribution >= 0.6 is 34.8 Å². The maximum Gasteiger partial charge on any atom is 0.323 e. The zero-order valence-electron chi connectivity index (χ0n) is 13.8. The molecule has 0 aliphatic carbocycles. The summed E-state index contributed by atoms with van der Waals surface area (Å²) in [4.78, 5) is 31.3. The fourth-order valence-electron chi connectivity index (χ4n) is 1.91. The molecule has 0 aromatic heterocycles. The molecule has 2 aromatic rings. The summed E-state index contributed by atoms with van der Waals surface area (Å²) in [5, 5.41) is 17.0. The summed E-state index contributed by atoms with van der Waals surface area (Å²) >= 11 is 17.4. The van der Waals surface area contributed by atoms with E-state index < -0.39 is 24.1 Å². The maximum absolute atomic E-state index is 10.7. The number of phenolic OH excluding ortho intramolecular Hbond substituents is 1. The molecule has 1 saturated heterocycles. The number of amides is 5. The lowest BCUT2D eigenvalue weighted by Gasteiger charge is -2.09. The first kappa shape index (κ1) is 21.4. The minimum atomic E-state index is -1.04.